The van der Waals surface area contributed by atoms with Crippen molar-refractivity contribution in [1.82, 2.24) is 0 Å². The molecule has 0 aromatic carbocycles. The fourth-order valence-corrected chi connectivity index (χ4v) is 1.81. The molecule has 0 saturated heterocycles. The van der Waals surface area contributed by atoms with Gasteiger partial charge >= 0.3 is 11.9 Å². The molecule has 0 bridgehead atoms. The Morgan fingerprint density at radius 2 is 1.40 bits per heavy atom. The average Bonchev–Trinajstić information content (AvgIpc) is 2.45. The van der Waals surface area contributed by atoms with E-state index in [1.165, 1.54) is 0 Å². The van der Waals surface area contributed by atoms with Crippen LogP contribution in [0.4, 0.5) is 0 Å². The van der Waals surface area contributed by atoms with Crippen LogP contribution in [-0.2, 0) is 19.1 Å². The molecule has 0 atom stereocenters. The summed E-state index contributed by atoms with van der Waals surface area (Å²) in [7, 11) is 0. The van der Waals surface area contributed by atoms with Crippen LogP contribution in [0.15, 0.2) is 0 Å². The van der Waals surface area contributed by atoms with Crippen molar-refractivity contribution in [2.24, 2.45) is 5.92 Å². The normalized spacial score (nSPS) is 10.6. The molecule has 0 N–H and O–H groups in total. The summed E-state index contributed by atoms with van der Waals surface area (Å²) in [6.45, 7) is 7.23. The summed E-state index contributed by atoms with van der Waals surface area (Å²) in [6, 6.07) is 0. The zero-order valence-corrected chi connectivity index (χ0v) is 13.3. The van der Waals surface area contributed by atoms with E-state index in [-0.39, 0.29) is 11.9 Å². The summed E-state index contributed by atoms with van der Waals surface area (Å²) in [5.74, 6) is 0.223. The second kappa shape index (κ2) is 12.9. The first-order valence-electron chi connectivity index (χ1n) is 7.95. The van der Waals surface area contributed by atoms with E-state index in [0.717, 1.165) is 38.5 Å². The van der Waals surface area contributed by atoms with Gasteiger partial charge in [-0.2, -0.15) is 0 Å². The van der Waals surface area contributed by atoms with Crippen molar-refractivity contribution in [3.05, 3.63) is 0 Å². The van der Waals surface area contributed by atoms with Gasteiger partial charge < -0.3 is 9.47 Å². The molecular weight excluding hydrogens is 256 g/mol. The van der Waals surface area contributed by atoms with Crippen LogP contribution < -0.4 is 0 Å². The van der Waals surface area contributed by atoms with E-state index in [1.807, 2.05) is 6.92 Å². The first-order chi connectivity index (χ1) is 9.63. The molecule has 0 aromatic heterocycles. The minimum absolute atomic E-state index is 0.120. The van der Waals surface area contributed by atoms with Gasteiger partial charge in [0.2, 0.25) is 0 Å². The minimum atomic E-state index is -0.136. The number of unbranched alkanes of at least 4 members (excludes halogenated alkanes) is 2. The molecule has 0 fully saturated rings. The van der Waals surface area contributed by atoms with Gasteiger partial charge in [-0.05, 0) is 25.2 Å². The maximum atomic E-state index is 11.5. The molecule has 0 spiro atoms. The highest BCUT2D eigenvalue weighted by Gasteiger charge is 2.08. The molecule has 0 aliphatic heterocycles. The van der Waals surface area contributed by atoms with Gasteiger partial charge in [-0.3, -0.25) is 9.59 Å². The maximum Gasteiger partial charge on any atom is 0.305 e. The lowest BCUT2D eigenvalue weighted by Gasteiger charge is -2.12. The van der Waals surface area contributed by atoms with Gasteiger partial charge in [0, 0.05) is 12.8 Å². The van der Waals surface area contributed by atoms with E-state index in [4.69, 9.17) is 9.47 Å². The molecule has 0 unspecified atom stereocenters. The lowest BCUT2D eigenvalue weighted by Crippen LogP contribution is -2.13. The zero-order valence-electron chi connectivity index (χ0n) is 13.3. The number of hydrogen-bond acceptors (Lipinski definition) is 4. The molecule has 20 heavy (non-hydrogen) atoms. The third-order valence-electron chi connectivity index (χ3n) is 3.36. The second-order valence-electron chi connectivity index (χ2n) is 5.15. The molecule has 0 heterocycles. The van der Waals surface area contributed by atoms with Crippen LogP contribution in [0.3, 0.4) is 0 Å². The Balaban J connectivity index is 3.46. The van der Waals surface area contributed by atoms with Crippen LogP contribution in [0, 0.1) is 5.92 Å². The van der Waals surface area contributed by atoms with Crippen molar-refractivity contribution in [1.29, 1.82) is 0 Å². The van der Waals surface area contributed by atoms with E-state index < -0.39 is 0 Å². The highest BCUT2D eigenvalue weighted by molar-refractivity contribution is 5.69. The van der Waals surface area contributed by atoms with Crippen LogP contribution in [0.5, 0.6) is 0 Å². The number of esters is 2. The summed E-state index contributed by atoms with van der Waals surface area (Å²) in [6.07, 6.45) is 6.26. The van der Waals surface area contributed by atoms with E-state index in [0.29, 0.717) is 32.0 Å². The Bertz CT molecular complexity index is 259. The molecule has 0 aromatic rings. The quantitative estimate of drug-likeness (QED) is 0.404. The molecule has 4 nitrogen and oxygen atoms in total. The van der Waals surface area contributed by atoms with Crippen molar-refractivity contribution in [3.8, 4) is 0 Å². The number of ether oxygens (including phenoxy) is 2. The van der Waals surface area contributed by atoms with Crippen LogP contribution >= 0.6 is 0 Å². The summed E-state index contributed by atoms with van der Waals surface area (Å²) in [5.41, 5.74) is 0. The Morgan fingerprint density at radius 3 is 1.90 bits per heavy atom. The third-order valence-corrected chi connectivity index (χ3v) is 3.36. The highest BCUT2D eigenvalue weighted by Crippen LogP contribution is 2.10. The molecule has 0 aliphatic carbocycles. The van der Waals surface area contributed by atoms with Gasteiger partial charge in [-0.25, -0.2) is 0 Å². The third kappa shape index (κ3) is 10.8. The smallest absolute Gasteiger partial charge is 0.305 e. The predicted octanol–water partition coefficient (Wildman–Crippen LogP) is 3.87. The molecule has 0 aliphatic rings. The van der Waals surface area contributed by atoms with Gasteiger partial charge in [-0.15, -0.1) is 0 Å². The van der Waals surface area contributed by atoms with E-state index >= 15 is 0 Å². The number of carbonyl (C=O) groups excluding carboxylic acids is 2. The second-order valence-corrected chi connectivity index (χ2v) is 5.15. The predicted molar refractivity (Wildman–Crippen MR) is 79.4 cm³/mol. The molecule has 4 heteroatoms. The zero-order chi connectivity index (χ0) is 15.2. The number of hydrogen-bond donors (Lipinski definition) is 0. The fourth-order valence-electron chi connectivity index (χ4n) is 1.81. The number of carbonyl (C=O) groups is 2. The van der Waals surface area contributed by atoms with Crippen molar-refractivity contribution in [3.63, 3.8) is 0 Å². The van der Waals surface area contributed by atoms with Crippen molar-refractivity contribution in [2.45, 2.75) is 72.1 Å². The van der Waals surface area contributed by atoms with Gasteiger partial charge in [0.05, 0.1) is 13.2 Å². The standard InChI is InChI=1S/C16H30O4/c1-4-12-19-15(17)10-8-7-9-11-16(18)20-13-14(5-2)6-3/h14H,4-13H2,1-3H3. The largest absolute Gasteiger partial charge is 0.466 e. The van der Waals surface area contributed by atoms with Gasteiger partial charge in [0.1, 0.15) is 0 Å². The van der Waals surface area contributed by atoms with E-state index in [1.54, 1.807) is 0 Å². The summed E-state index contributed by atoms with van der Waals surface area (Å²) in [4.78, 5) is 22.7. The van der Waals surface area contributed by atoms with Crippen molar-refractivity contribution < 1.29 is 19.1 Å². The molecule has 0 rings (SSSR count). The molecule has 0 saturated carbocycles. The monoisotopic (exact) mass is 286 g/mol. The Hall–Kier alpha value is -1.06. The van der Waals surface area contributed by atoms with Gasteiger partial charge in [0.15, 0.2) is 0 Å². The summed E-state index contributed by atoms with van der Waals surface area (Å²) < 4.78 is 10.2. The Kier molecular flexibility index (Phi) is 12.3. The highest BCUT2D eigenvalue weighted by atomic mass is 16.5. The molecular formula is C16H30O4. The van der Waals surface area contributed by atoms with Crippen LogP contribution in [-0.4, -0.2) is 25.2 Å². The Morgan fingerprint density at radius 1 is 0.850 bits per heavy atom. The van der Waals surface area contributed by atoms with Gasteiger partial charge in [0.25, 0.3) is 0 Å². The Labute approximate surface area is 123 Å². The van der Waals surface area contributed by atoms with Crippen LogP contribution in [0.2, 0.25) is 0 Å². The SMILES string of the molecule is CCCOC(=O)CCCCCC(=O)OCC(CC)CC. The van der Waals surface area contributed by atoms with E-state index in [9.17, 15) is 9.59 Å². The fraction of sp³-hybridized carbons (Fsp3) is 0.875. The molecule has 0 amide bonds. The lowest BCUT2D eigenvalue weighted by molar-refractivity contribution is -0.145. The minimum Gasteiger partial charge on any atom is -0.466 e. The molecule has 118 valence electrons. The van der Waals surface area contributed by atoms with Crippen LogP contribution in [0.1, 0.15) is 72.1 Å². The van der Waals surface area contributed by atoms with Crippen molar-refractivity contribution >= 4 is 11.9 Å². The average molecular weight is 286 g/mol. The van der Waals surface area contributed by atoms with Gasteiger partial charge in [-0.1, -0.05) is 40.0 Å². The maximum absolute atomic E-state index is 11.5. The first kappa shape index (κ1) is 18.9. The lowest BCUT2D eigenvalue weighted by atomic mass is 10.1. The molecule has 0 radical (unpaired) electrons. The number of rotatable bonds is 12. The van der Waals surface area contributed by atoms with Crippen molar-refractivity contribution in [2.75, 3.05) is 13.2 Å². The topological polar surface area (TPSA) is 52.6 Å². The summed E-state index contributed by atoms with van der Waals surface area (Å²) in [5, 5.41) is 0. The first-order valence-corrected chi connectivity index (χ1v) is 7.95. The van der Waals surface area contributed by atoms with E-state index in [2.05, 4.69) is 13.8 Å². The van der Waals surface area contributed by atoms with Crippen LogP contribution in [0.25, 0.3) is 0 Å². The summed E-state index contributed by atoms with van der Waals surface area (Å²) >= 11 is 0.